The molecule has 0 unspecified atom stereocenters. The summed E-state index contributed by atoms with van der Waals surface area (Å²) in [6, 6.07) is 4.28. The quantitative estimate of drug-likeness (QED) is 0.503. The zero-order valence-electron chi connectivity index (χ0n) is 12.1. The van der Waals surface area contributed by atoms with E-state index in [-0.39, 0.29) is 39.7 Å². The van der Waals surface area contributed by atoms with Crippen molar-refractivity contribution in [3.05, 3.63) is 33.9 Å². The first-order valence-electron chi connectivity index (χ1n) is 6.44. The number of para-hydroxylation sites is 1. The fraction of sp³-hybridized carbons (Fsp3) is 0.500. The van der Waals surface area contributed by atoms with Gasteiger partial charge in [0.25, 0.3) is 11.6 Å². The molecule has 0 heterocycles. The van der Waals surface area contributed by atoms with Crippen molar-refractivity contribution < 1.29 is 9.72 Å². The van der Waals surface area contributed by atoms with Crippen LogP contribution in [-0.2, 0) is 0 Å². The van der Waals surface area contributed by atoms with Crippen molar-refractivity contribution in [1.29, 1.82) is 0 Å². The molecule has 0 radical (unpaired) electrons. The van der Waals surface area contributed by atoms with Crippen molar-refractivity contribution in [2.75, 3.05) is 5.73 Å². The normalized spacial score (nSPS) is 19.4. The molecule has 0 bridgehead atoms. The average Bonchev–Trinajstić information content (AvgIpc) is 2.71. The molecular weight excluding hydrogens is 258 g/mol. The molecule has 0 saturated heterocycles. The first-order chi connectivity index (χ1) is 9.10. The Labute approximate surface area is 117 Å². The van der Waals surface area contributed by atoms with E-state index in [0.717, 1.165) is 0 Å². The Hall–Kier alpha value is -2.11. The number of amides is 1. The molecule has 6 heteroatoms. The van der Waals surface area contributed by atoms with Gasteiger partial charge < -0.3 is 11.1 Å². The average molecular weight is 277 g/mol. The van der Waals surface area contributed by atoms with Gasteiger partial charge in [-0.15, -0.1) is 0 Å². The van der Waals surface area contributed by atoms with Crippen molar-refractivity contribution in [3.8, 4) is 0 Å². The number of carbonyl (C=O) groups excluding carboxylic acids is 1. The van der Waals surface area contributed by atoms with Gasteiger partial charge in [-0.25, -0.2) is 0 Å². The number of hydrogen-bond donors (Lipinski definition) is 2. The van der Waals surface area contributed by atoms with Crippen LogP contribution in [0.2, 0.25) is 0 Å². The third kappa shape index (κ3) is 1.92. The molecule has 108 valence electrons. The van der Waals surface area contributed by atoms with Gasteiger partial charge in [-0.2, -0.15) is 0 Å². The van der Waals surface area contributed by atoms with Crippen LogP contribution in [-0.4, -0.2) is 16.9 Å². The molecular formula is C14H19N3O3. The number of nitrogens with zero attached hydrogens (tertiary/aromatic N) is 1. The van der Waals surface area contributed by atoms with Gasteiger partial charge in [0.05, 0.1) is 10.5 Å². The summed E-state index contributed by atoms with van der Waals surface area (Å²) < 4.78 is 0. The summed E-state index contributed by atoms with van der Waals surface area (Å²) in [6.07, 6.45) is 0. The van der Waals surface area contributed by atoms with E-state index < -0.39 is 4.92 Å². The van der Waals surface area contributed by atoms with Crippen molar-refractivity contribution in [2.24, 2.45) is 10.8 Å². The fourth-order valence-corrected chi connectivity index (χ4v) is 2.68. The second kappa shape index (κ2) is 4.19. The topological polar surface area (TPSA) is 98.3 Å². The maximum atomic E-state index is 12.3. The fourth-order valence-electron chi connectivity index (χ4n) is 2.68. The van der Waals surface area contributed by atoms with Crippen molar-refractivity contribution in [1.82, 2.24) is 5.32 Å². The number of anilines is 1. The van der Waals surface area contributed by atoms with Crippen LogP contribution in [0, 0.1) is 20.9 Å². The van der Waals surface area contributed by atoms with Crippen LogP contribution in [0.5, 0.6) is 0 Å². The molecule has 1 aliphatic rings. The summed E-state index contributed by atoms with van der Waals surface area (Å²) in [4.78, 5) is 22.5. The summed E-state index contributed by atoms with van der Waals surface area (Å²) in [5.41, 5.74) is 5.53. The zero-order chi connectivity index (χ0) is 15.3. The van der Waals surface area contributed by atoms with Crippen LogP contribution in [0.4, 0.5) is 11.4 Å². The summed E-state index contributed by atoms with van der Waals surface area (Å²) in [5.74, 6) is -0.366. The lowest BCUT2D eigenvalue weighted by Gasteiger charge is -2.09. The Balaban J connectivity index is 2.24. The smallest absolute Gasteiger partial charge is 0.292 e. The minimum Gasteiger partial charge on any atom is -0.393 e. The van der Waals surface area contributed by atoms with Gasteiger partial charge in [-0.1, -0.05) is 33.8 Å². The van der Waals surface area contributed by atoms with E-state index in [9.17, 15) is 14.9 Å². The first-order valence-corrected chi connectivity index (χ1v) is 6.44. The van der Waals surface area contributed by atoms with Crippen LogP contribution in [0.1, 0.15) is 38.1 Å². The van der Waals surface area contributed by atoms with E-state index in [1.807, 2.05) is 0 Å². The highest BCUT2D eigenvalue weighted by atomic mass is 16.6. The maximum Gasteiger partial charge on any atom is 0.292 e. The van der Waals surface area contributed by atoms with Gasteiger partial charge in [0.15, 0.2) is 0 Å². The van der Waals surface area contributed by atoms with Gasteiger partial charge >= 0.3 is 0 Å². The minimum absolute atomic E-state index is 0.00185. The van der Waals surface area contributed by atoms with Gasteiger partial charge in [0.2, 0.25) is 0 Å². The third-order valence-electron chi connectivity index (χ3n) is 4.82. The molecule has 0 atom stereocenters. The molecule has 1 saturated carbocycles. The Kier molecular flexibility index (Phi) is 3.00. The van der Waals surface area contributed by atoms with Crippen LogP contribution < -0.4 is 11.1 Å². The highest BCUT2D eigenvalue weighted by Crippen LogP contribution is 2.62. The number of nitro groups is 1. The van der Waals surface area contributed by atoms with E-state index >= 15 is 0 Å². The lowest BCUT2D eigenvalue weighted by atomic mass is 10.0. The Bertz CT molecular complexity index is 579. The molecule has 0 aliphatic heterocycles. The molecule has 1 aliphatic carbocycles. The summed E-state index contributed by atoms with van der Waals surface area (Å²) in [5, 5.41) is 13.7. The molecule has 1 fully saturated rings. The van der Waals surface area contributed by atoms with E-state index in [0.29, 0.717) is 0 Å². The first kappa shape index (κ1) is 14.3. The van der Waals surface area contributed by atoms with Gasteiger partial charge in [-0.3, -0.25) is 14.9 Å². The van der Waals surface area contributed by atoms with Crippen LogP contribution in [0.15, 0.2) is 18.2 Å². The SMILES string of the molecule is CC1(C)C(NC(=O)c2cccc([N+](=O)[O-])c2N)C1(C)C. The monoisotopic (exact) mass is 277 g/mol. The second-order valence-corrected chi connectivity index (χ2v) is 6.35. The Morgan fingerprint density at radius 1 is 1.30 bits per heavy atom. The number of nitrogens with two attached hydrogens (primary N) is 1. The molecule has 6 nitrogen and oxygen atoms in total. The molecule has 1 aromatic carbocycles. The summed E-state index contributed by atoms with van der Waals surface area (Å²) in [6.45, 7) is 8.31. The molecule has 0 aromatic heterocycles. The number of carbonyl (C=O) groups is 1. The van der Waals surface area contributed by atoms with Crippen LogP contribution in [0.25, 0.3) is 0 Å². The molecule has 20 heavy (non-hydrogen) atoms. The van der Waals surface area contributed by atoms with Crippen LogP contribution in [0.3, 0.4) is 0 Å². The second-order valence-electron chi connectivity index (χ2n) is 6.35. The largest absolute Gasteiger partial charge is 0.393 e. The molecule has 0 spiro atoms. The highest BCUT2D eigenvalue weighted by Gasteiger charge is 2.65. The Morgan fingerprint density at radius 2 is 1.85 bits per heavy atom. The Morgan fingerprint density at radius 3 is 2.30 bits per heavy atom. The standard InChI is InChI=1S/C14H19N3O3/c1-13(2)12(14(13,3)4)16-11(18)8-6-5-7-9(10(8)15)17(19)20/h5-7,12H,15H2,1-4H3,(H,16,18). The van der Waals surface area contributed by atoms with E-state index in [4.69, 9.17) is 5.73 Å². The summed E-state index contributed by atoms with van der Waals surface area (Å²) in [7, 11) is 0. The number of nitrogens with one attached hydrogen (secondary N) is 1. The number of nitrogen functional groups attached to an aromatic ring is 1. The number of hydrogen-bond acceptors (Lipinski definition) is 4. The predicted molar refractivity (Wildman–Crippen MR) is 76.3 cm³/mol. The lowest BCUT2D eigenvalue weighted by molar-refractivity contribution is -0.383. The third-order valence-corrected chi connectivity index (χ3v) is 4.82. The molecule has 3 N–H and O–H groups in total. The van der Waals surface area contributed by atoms with E-state index in [2.05, 4.69) is 33.0 Å². The highest BCUT2D eigenvalue weighted by molar-refractivity contribution is 6.01. The maximum absolute atomic E-state index is 12.3. The van der Waals surface area contributed by atoms with Crippen molar-refractivity contribution in [2.45, 2.75) is 33.7 Å². The molecule has 2 rings (SSSR count). The predicted octanol–water partition coefficient (Wildman–Crippen LogP) is 2.34. The minimum atomic E-state index is -0.586. The van der Waals surface area contributed by atoms with Gasteiger partial charge in [0.1, 0.15) is 5.69 Å². The number of rotatable bonds is 3. The molecule has 1 amide bonds. The van der Waals surface area contributed by atoms with Crippen molar-refractivity contribution in [3.63, 3.8) is 0 Å². The number of benzene rings is 1. The summed E-state index contributed by atoms with van der Waals surface area (Å²) >= 11 is 0. The van der Waals surface area contributed by atoms with E-state index in [1.54, 1.807) is 0 Å². The molecule has 1 aromatic rings. The van der Waals surface area contributed by atoms with Gasteiger partial charge in [0, 0.05) is 12.1 Å². The van der Waals surface area contributed by atoms with Gasteiger partial charge in [-0.05, 0) is 16.9 Å². The van der Waals surface area contributed by atoms with Crippen molar-refractivity contribution >= 4 is 17.3 Å². The lowest BCUT2D eigenvalue weighted by Crippen LogP contribution is -2.30. The zero-order valence-corrected chi connectivity index (χ0v) is 12.1. The number of nitro benzene ring substituents is 1. The van der Waals surface area contributed by atoms with E-state index in [1.165, 1.54) is 18.2 Å². The van der Waals surface area contributed by atoms with Crippen LogP contribution >= 0.6 is 0 Å².